The number of nitrogens with one attached hydrogen (secondary N) is 1. The molecular formula is C24H35N. The van der Waals surface area contributed by atoms with E-state index in [1.165, 1.54) is 28.5 Å². The van der Waals surface area contributed by atoms with Crippen molar-refractivity contribution in [3.63, 3.8) is 0 Å². The molecule has 0 amide bonds. The zero-order chi connectivity index (χ0) is 19.1. The molecule has 0 unspecified atom stereocenters. The smallest absolute Gasteiger partial charge is 0.0174 e. The summed E-state index contributed by atoms with van der Waals surface area (Å²) in [5.41, 5.74) is 5.23. The lowest BCUT2D eigenvalue weighted by molar-refractivity contribution is 0.647. The fraction of sp³-hybridized carbons (Fsp3) is 0.375. The predicted octanol–water partition coefficient (Wildman–Crippen LogP) is 7.35. The molecule has 0 aliphatic rings. The molecule has 0 heterocycles. The van der Waals surface area contributed by atoms with Crippen LogP contribution in [0, 0.1) is 11.3 Å². The molecule has 0 atom stereocenters. The fourth-order valence-corrected chi connectivity index (χ4v) is 2.50. The predicted molar refractivity (Wildman–Crippen MR) is 115 cm³/mol. The minimum absolute atomic E-state index is 0.679. The van der Waals surface area contributed by atoms with Crippen molar-refractivity contribution in [3.8, 4) is 11.1 Å². The van der Waals surface area contributed by atoms with Crippen molar-refractivity contribution in [3.05, 3.63) is 71.8 Å². The van der Waals surface area contributed by atoms with Crippen LogP contribution >= 0.6 is 0 Å². The first-order valence-electron chi connectivity index (χ1n) is 9.53. The van der Waals surface area contributed by atoms with Crippen molar-refractivity contribution >= 4 is 6.21 Å². The van der Waals surface area contributed by atoms with Gasteiger partial charge in [0.25, 0.3) is 0 Å². The van der Waals surface area contributed by atoms with E-state index in [-0.39, 0.29) is 0 Å². The van der Waals surface area contributed by atoms with Crippen LogP contribution in [0.4, 0.5) is 0 Å². The Morgan fingerprint density at radius 1 is 0.840 bits per heavy atom. The van der Waals surface area contributed by atoms with Crippen LogP contribution in [0.1, 0.15) is 52.7 Å². The van der Waals surface area contributed by atoms with Crippen LogP contribution in [0.15, 0.2) is 60.7 Å². The van der Waals surface area contributed by atoms with Crippen LogP contribution in [0.25, 0.3) is 11.1 Å². The summed E-state index contributed by atoms with van der Waals surface area (Å²) in [5.74, 6) is 0.679. The first kappa shape index (κ1) is 22.9. The molecule has 0 saturated heterocycles. The van der Waals surface area contributed by atoms with E-state index in [1.54, 1.807) is 6.08 Å². The summed E-state index contributed by atoms with van der Waals surface area (Å²) in [4.78, 5) is 0. The van der Waals surface area contributed by atoms with Gasteiger partial charge in [-0.3, -0.25) is 0 Å². The summed E-state index contributed by atoms with van der Waals surface area (Å²) in [7, 11) is 0. The quantitative estimate of drug-likeness (QED) is 0.533. The van der Waals surface area contributed by atoms with Crippen LogP contribution in [0.3, 0.4) is 0 Å². The van der Waals surface area contributed by atoms with Gasteiger partial charge in [0.1, 0.15) is 0 Å². The van der Waals surface area contributed by atoms with Crippen molar-refractivity contribution in [1.29, 1.82) is 5.41 Å². The first-order valence-corrected chi connectivity index (χ1v) is 9.53. The molecule has 0 spiro atoms. The van der Waals surface area contributed by atoms with Gasteiger partial charge in [0.2, 0.25) is 0 Å². The van der Waals surface area contributed by atoms with Gasteiger partial charge in [-0.25, -0.2) is 0 Å². The van der Waals surface area contributed by atoms with E-state index < -0.39 is 0 Å². The maximum atomic E-state index is 7.01. The maximum Gasteiger partial charge on any atom is 0.0174 e. The van der Waals surface area contributed by atoms with E-state index in [2.05, 4.69) is 62.4 Å². The van der Waals surface area contributed by atoms with Gasteiger partial charge < -0.3 is 5.41 Å². The van der Waals surface area contributed by atoms with Crippen LogP contribution in [0.2, 0.25) is 0 Å². The molecule has 0 aromatic heterocycles. The highest BCUT2D eigenvalue weighted by atomic mass is 14.3. The van der Waals surface area contributed by atoms with E-state index in [0.717, 1.165) is 12.8 Å². The minimum atomic E-state index is 0.679. The number of hydrogen-bond donors (Lipinski definition) is 1. The average Bonchev–Trinajstić information content (AvgIpc) is 2.65. The van der Waals surface area contributed by atoms with E-state index in [9.17, 15) is 0 Å². The number of rotatable bonds is 6. The molecule has 0 radical (unpaired) electrons. The lowest BCUT2D eigenvalue weighted by Gasteiger charge is -2.09. The highest BCUT2D eigenvalue weighted by Gasteiger charge is 2.02. The number of hydrogen-bond acceptors (Lipinski definition) is 1. The normalized spacial score (nSPS) is 9.88. The van der Waals surface area contributed by atoms with Crippen LogP contribution in [0.5, 0.6) is 0 Å². The highest BCUT2D eigenvalue weighted by molar-refractivity contribution is 5.68. The molecule has 2 aromatic rings. The second-order valence-electron chi connectivity index (χ2n) is 5.80. The Balaban J connectivity index is 0.00000134. The highest BCUT2D eigenvalue weighted by Crippen LogP contribution is 2.23. The molecule has 0 fully saturated rings. The largest absolute Gasteiger partial charge is 0.309 e. The lowest BCUT2D eigenvalue weighted by Crippen LogP contribution is -1.94. The second-order valence-corrected chi connectivity index (χ2v) is 5.80. The Labute approximate surface area is 155 Å². The molecule has 25 heavy (non-hydrogen) atoms. The topological polar surface area (TPSA) is 23.9 Å². The second kappa shape index (κ2) is 14.2. The van der Waals surface area contributed by atoms with Crippen molar-refractivity contribution in [2.24, 2.45) is 5.92 Å². The van der Waals surface area contributed by atoms with Crippen molar-refractivity contribution < 1.29 is 0 Å². The Morgan fingerprint density at radius 3 is 1.88 bits per heavy atom. The number of benzene rings is 2. The summed E-state index contributed by atoms with van der Waals surface area (Å²) in [5, 5.41) is 7.01. The summed E-state index contributed by atoms with van der Waals surface area (Å²) in [6.07, 6.45) is 7.10. The third-order valence-corrected chi connectivity index (χ3v) is 3.42. The summed E-state index contributed by atoms with van der Waals surface area (Å²) in [6.45, 7) is 12.5. The number of allylic oxidation sites excluding steroid dienone is 2. The van der Waals surface area contributed by atoms with Gasteiger partial charge in [0.05, 0.1) is 0 Å². The lowest BCUT2D eigenvalue weighted by atomic mass is 9.97. The third-order valence-electron chi connectivity index (χ3n) is 3.42. The zero-order valence-corrected chi connectivity index (χ0v) is 16.8. The molecular weight excluding hydrogens is 302 g/mol. The summed E-state index contributed by atoms with van der Waals surface area (Å²) < 4.78 is 0. The van der Waals surface area contributed by atoms with Crippen LogP contribution < -0.4 is 0 Å². The summed E-state index contributed by atoms with van der Waals surface area (Å²) in [6, 6.07) is 17.5. The van der Waals surface area contributed by atoms with Gasteiger partial charge >= 0.3 is 0 Å². The van der Waals surface area contributed by atoms with Gasteiger partial charge in [-0.2, -0.15) is 0 Å². The molecule has 2 rings (SSSR count). The van der Waals surface area contributed by atoms with Gasteiger partial charge in [-0.1, -0.05) is 96.1 Å². The van der Waals surface area contributed by atoms with E-state index in [4.69, 9.17) is 5.41 Å². The molecule has 1 heteroatoms. The van der Waals surface area contributed by atoms with Crippen molar-refractivity contribution in [2.45, 2.75) is 54.4 Å². The van der Waals surface area contributed by atoms with E-state index in [0.29, 0.717) is 5.92 Å². The molecule has 1 N–H and O–H groups in total. The van der Waals surface area contributed by atoms with E-state index >= 15 is 0 Å². The third kappa shape index (κ3) is 9.05. The molecule has 0 saturated carbocycles. The summed E-state index contributed by atoms with van der Waals surface area (Å²) >= 11 is 0. The van der Waals surface area contributed by atoms with Gasteiger partial charge in [0.15, 0.2) is 0 Å². The van der Waals surface area contributed by atoms with Crippen LogP contribution in [-0.2, 0) is 12.8 Å². The zero-order valence-electron chi connectivity index (χ0n) is 16.8. The van der Waals surface area contributed by atoms with Gasteiger partial charge in [-0.15, -0.1) is 0 Å². The Hall–Kier alpha value is -2.15. The molecule has 136 valence electrons. The first-order chi connectivity index (χ1) is 12.2. The monoisotopic (exact) mass is 337 g/mol. The molecule has 0 aliphatic carbocycles. The molecule has 2 aromatic carbocycles. The Morgan fingerprint density at radius 2 is 1.36 bits per heavy atom. The van der Waals surface area contributed by atoms with E-state index in [1.807, 2.05) is 33.8 Å². The van der Waals surface area contributed by atoms with Crippen molar-refractivity contribution in [1.82, 2.24) is 0 Å². The Bertz CT molecular complexity index is 623. The SMILES string of the molecule is CC.CC.CC(C)Cc1cccc(-c2cccc(C/C=C\C=N)c2)c1. The van der Waals surface area contributed by atoms with Crippen molar-refractivity contribution in [2.75, 3.05) is 0 Å². The van der Waals surface area contributed by atoms with Gasteiger partial charge in [-0.05, 0) is 47.1 Å². The standard InChI is InChI=1S/C20H23N.2C2H6/c1-16(2)13-18-9-6-11-20(15-18)19-10-5-8-17(14-19)7-3-4-12-21;2*1-2/h3-6,8-12,14-16,21H,7,13H2,1-2H3;2*1-2H3/b4-3-,21-12?;;. The average molecular weight is 338 g/mol. The van der Waals surface area contributed by atoms with Gasteiger partial charge in [0, 0.05) is 6.21 Å². The Kier molecular flexibility index (Phi) is 13.0. The van der Waals surface area contributed by atoms with Crippen LogP contribution in [-0.4, -0.2) is 6.21 Å². The molecule has 0 aliphatic heterocycles. The fourth-order valence-electron chi connectivity index (χ4n) is 2.50. The molecule has 0 bridgehead atoms. The molecule has 1 nitrogen and oxygen atoms in total. The minimum Gasteiger partial charge on any atom is -0.309 e. The maximum absolute atomic E-state index is 7.01.